The molecule has 11 heteroatoms. The van der Waals surface area contributed by atoms with Gasteiger partial charge in [-0.05, 0) is 36.2 Å². The molecule has 0 bridgehead atoms. The SMILES string of the molecule is CCC(SC1=Nc2ccccc2C2=NC(=O)C(CC(=O)NCc3ccccc3)N12)C(=O)Nc1ccc2c(c1)OCO2. The second kappa shape index (κ2) is 11.5. The van der Waals surface area contributed by atoms with Gasteiger partial charge in [-0.2, -0.15) is 4.99 Å². The predicted molar refractivity (Wildman–Crippen MR) is 156 cm³/mol. The minimum Gasteiger partial charge on any atom is -0.454 e. The lowest BCUT2D eigenvalue weighted by Crippen LogP contribution is -2.46. The number of amides is 3. The summed E-state index contributed by atoms with van der Waals surface area (Å²) in [5, 5.41) is 5.75. The van der Waals surface area contributed by atoms with E-state index >= 15 is 0 Å². The maximum atomic E-state index is 13.4. The molecule has 0 aromatic heterocycles. The summed E-state index contributed by atoms with van der Waals surface area (Å²) in [6, 6.07) is 21.3. The van der Waals surface area contributed by atoms with E-state index in [9.17, 15) is 14.4 Å². The van der Waals surface area contributed by atoms with E-state index in [2.05, 4.69) is 15.6 Å². The number of amidine groups is 2. The smallest absolute Gasteiger partial charge is 0.271 e. The second-order valence-corrected chi connectivity index (χ2v) is 10.8. The molecule has 2 unspecified atom stereocenters. The van der Waals surface area contributed by atoms with Crippen LogP contribution in [0.3, 0.4) is 0 Å². The summed E-state index contributed by atoms with van der Waals surface area (Å²) in [7, 11) is 0. The number of benzene rings is 3. The summed E-state index contributed by atoms with van der Waals surface area (Å²) in [5.41, 5.74) is 2.90. The molecule has 0 radical (unpaired) electrons. The third kappa shape index (κ3) is 5.53. The Labute approximate surface area is 240 Å². The first kappa shape index (κ1) is 26.6. The average molecular weight is 570 g/mol. The van der Waals surface area contributed by atoms with Gasteiger partial charge in [0.05, 0.1) is 17.4 Å². The van der Waals surface area contributed by atoms with Gasteiger partial charge in [0.25, 0.3) is 5.91 Å². The van der Waals surface area contributed by atoms with Gasteiger partial charge < -0.3 is 20.1 Å². The van der Waals surface area contributed by atoms with Crippen molar-refractivity contribution in [1.29, 1.82) is 0 Å². The Bertz CT molecular complexity index is 1570. The molecule has 3 aromatic carbocycles. The third-order valence-corrected chi connectivity index (χ3v) is 8.20. The molecule has 0 saturated carbocycles. The number of fused-ring (bicyclic) bond motifs is 4. The van der Waals surface area contributed by atoms with Crippen molar-refractivity contribution in [2.75, 3.05) is 12.1 Å². The van der Waals surface area contributed by atoms with Crippen molar-refractivity contribution in [3.8, 4) is 11.5 Å². The number of nitrogens with zero attached hydrogens (tertiary/aromatic N) is 3. The van der Waals surface area contributed by atoms with Gasteiger partial charge >= 0.3 is 0 Å². The fourth-order valence-corrected chi connectivity index (χ4v) is 5.84. The standard InChI is InChI=1S/C30H27N5O5S/c1-2-25(29(38)32-19-12-13-23-24(14-19)40-17-39-23)41-30-33-21-11-7-6-10-20(21)27-34-28(37)22(35(27)30)15-26(36)31-16-18-8-4-3-5-9-18/h3-14,22,25H,2,15-17H2,1H3,(H,31,36)(H,32,38). The van der Waals surface area contributed by atoms with Gasteiger partial charge in [0.1, 0.15) is 11.9 Å². The molecule has 6 rings (SSSR count). The number of rotatable bonds is 8. The van der Waals surface area contributed by atoms with Crippen LogP contribution in [0, 0.1) is 0 Å². The van der Waals surface area contributed by atoms with E-state index in [4.69, 9.17) is 14.5 Å². The molecule has 41 heavy (non-hydrogen) atoms. The maximum absolute atomic E-state index is 13.4. The van der Waals surface area contributed by atoms with Crippen molar-refractivity contribution in [2.45, 2.75) is 37.6 Å². The molecule has 0 fully saturated rings. The molecule has 3 aliphatic heterocycles. The van der Waals surface area contributed by atoms with E-state index in [0.29, 0.717) is 52.4 Å². The summed E-state index contributed by atoms with van der Waals surface area (Å²) in [5.74, 6) is 0.719. The summed E-state index contributed by atoms with van der Waals surface area (Å²) in [4.78, 5) is 50.3. The number of para-hydroxylation sites is 1. The highest BCUT2D eigenvalue weighted by molar-refractivity contribution is 8.15. The monoisotopic (exact) mass is 569 g/mol. The first-order chi connectivity index (χ1) is 20.0. The van der Waals surface area contributed by atoms with Crippen LogP contribution in [0.5, 0.6) is 11.5 Å². The third-order valence-electron chi connectivity index (χ3n) is 6.87. The molecular formula is C30H27N5O5S. The maximum Gasteiger partial charge on any atom is 0.271 e. The Balaban J connectivity index is 1.21. The Morgan fingerprint density at radius 1 is 1.02 bits per heavy atom. The van der Waals surface area contributed by atoms with E-state index < -0.39 is 17.2 Å². The molecule has 3 amide bonds. The largest absolute Gasteiger partial charge is 0.454 e. The number of thioether (sulfide) groups is 1. The molecule has 10 nitrogen and oxygen atoms in total. The zero-order valence-corrected chi connectivity index (χ0v) is 23.0. The average Bonchev–Trinajstić information content (AvgIpc) is 3.59. The summed E-state index contributed by atoms with van der Waals surface area (Å²) in [6.07, 6.45) is 0.402. The number of anilines is 1. The Morgan fingerprint density at radius 3 is 2.63 bits per heavy atom. The normalized spacial score (nSPS) is 17.2. The molecule has 0 saturated heterocycles. The molecule has 208 valence electrons. The Hall–Kier alpha value is -4.64. The molecular weight excluding hydrogens is 542 g/mol. The van der Waals surface area contributed by atoms with Crippen LogP contribution in [0.25, 0.3) is 0 Å². The summed E-state index contributed by atoms with van der Waals surface area (Å²) < 4.78 is 10.8. The van der Waals surface area contributed by atoms with Crippen molar-refractivity contribution in [3.05, 3.63) is 83.9 Å². The van der Waals surface area contributed by atoms with E-state index in [0.717, 1.165) is 5.56 Å². The topological polar surface area (TPSA) is 122 Å². The number of nitrogens with one attached hydrogen (secondary N) is 2. The molecule has 2 N–H and O–H groups in total. The fourth-order valence-electron chi connectivity index (χ4n) is 4.77. The van der Waals surface area contributed by atoms with E-state index in [1.54, 1.807) is 23.1 Å². The number of hydrogen-bond donors (Lipinski definition) is 2. The van der Waals surface area contributed by atoms with E-state index in [-0.39, 0.29) is 25.0 Å². The zero-order chi connectivity index (χ0) is 28.3. The van der Waals surface area contributed by atoms with Crippen LogP contribution in [0.4, 0.5) is 11.4 Å². The lowest BCUT2D eigenvalue weighted by molar-refractivity contribution is -0.126. The van der Waals surface area contributed by atoms with E-state index in [1.807, 2.05) is 61.5 Å². The van der Waals surface area contributed by atoms with Gasteiger partial charge in [0.2, 0.25) is 18.6 Å². The highest BCUT2D eigenvalue weighted by Gasteiger charge is 2.43. The van der Waals surface area contributed by atoms with Crippen molar-refractivity contribution >= 4 is 51.9 Å². The van der Waals surface area contributed by atoms with Crippen LogP contribution in [0.1, 0.15) is 30.9 Å². The summed E-state index contributed by atoms with van der Waals surface area (Å²) in [6.45, 7) is 2.41. The zero-order valence-electron chi connectivity index (χ0n) is 22.2. The lowest BCUT2D eigenvalue weighted by Gasteiger charge is -2.32. The van der Waals surface area contributed by atoms with Crippen molar-refractivity contribution in [3.63, 3.8) is 0 Å². The van der Waals surface area contributed by atoms with Crippen LogP contribution in [0.2, 0.25) is 0 Å². The minimum atomic E-state index is -0.866. The van der Waals surface area contributed by atoms with Gasteiger partial charge in [0.15, 0.2) is 16.7 Å². The first-order valence-electron chi connectivity index (χ1n) is 13.3. The Morgan fingerprint density at radius 2 is 1.80 bits per heavy atom. The second-order valence-electron chi connectivity index (χ2n) is 9.61. The van der Waals surface area contributed by atoms with Crippen molar-refractivity contribution in [1.82, 2.24) is 10.2 Å². The van der Waals surface area contributed by atoms with E-state index in [1.165, 1.54) is 11.8 Å². The predicted octanol–water partition coefficient (Wildman–Crippen LogP) is 4.23. The fraction of sp³-hybridized carbons (Fsp3) is 0.233. The number of carbonyl (C=O) groups excluding carboxylic acids is 3. The Kier molecular flexibility index (Phi) is 7.43. The highest BCUT2D eigenvalue weighted by Crippen LogP contribution is 2.37. The molecule has 2 atom stereocenters. The highest BCUT2D eigenvalue weighted by atomic mass is 32.2. The van der Waals surface area contributed by atoms with Crippen LogP contribution in [0.15, 0.2) is 82.8 Å². The van der Waals surface area contributed by atoms with Gasteiger partial charge in [0, 0.05) is 23.9 Å². The first-order valence-corrected chi connectivity index (χ1v) is 14.2. The molecule has 0 aliphatic carbocycles. The lowest BCUT2D eigenvalue weighted by atomic mass is 10.1. The number of hydrogen-bond acceptors (Lipinski definition) is 8. The van der Waals surface area contributed by atoms with Crippen LogP contribution in [-0.4, -0.2) is 51.7 Å². The number of ether oxygens (including phenoxy) is 2. The van der Waals surface area contributed by atoms with Gasteiger partial charge in [-0.25, -0.2) is 4.99 Å². The van der Waals surface area contributed by atoms with Crippen LogP contribution < -0.4 is 20.1 Å². The van der Waals surface area contributed by atoms with Gasteiger partial charge in [-0.15, -0.1) is 0 Å². The molecule has 3 aliphatic rings. The van der Waals surface area contributed by atoms with Crippen LogP contribution in [-0.2, 0) is 20.9 Å². The van der Waals surface area contributed by atoms with Crippen molar-refractivity contribution < 1.29 is 23.9 Å². The molecule has 3 aromatic rings. The minimum absolute atomic E-state index is 0.0966. The molecule has 3 heterocycles. The number of aliphatic imine (C=N–C) groups is 2. The van der Waals surface area contributed by atoms with Gasteiger partial charge in [-0.3, -0.25) is 19.3 Å². The number of carbonyl (C=O) groups is 3. The quantitative estimate of drug-likeness (QED) is 0.416. The van der Waals surface area contributed by atoms with Gasteiger partial charge in [-0.1, -0.05) is 61.2 Å². The summed E-state index contributed by atoms with van der Waals surface area (Å²) >= 11 is 1.24. The molecule has 0 spiro atoms. The van der Waals surface area contributed by atoms with Crippen LogP contribution >= 0.6 is 11.8 Å². The van der Waals surface area contributed by atoms with Crippen molar-refractivity contribution in [2.24, 2.45) is 9.98 Å².